The minimum Gasteiger partial charge on any atom is -0.343 e. The Morgan fingerprint density at radius 2 is 1.61 bits per heavy atom. The van der Waals surface area contributed by atoms with E-state index in [2.05, 4.69) is 0 Å². The smallest absolute Gasteiger partial charge is 0.243 e. The highest BCUT2D eigenvalue weighted by molar-refractivity contribution is 7.89. The van der Waals surface area contributed by atoms with E-state index in [-0.39, 0.29) is 11.7 Å². The Morgan fingerprint density at radius 3 is 2.27 bits per heavy atom. The second-order valence-electron chi connectivity index (χ2n) is 9.27. The molecule has 2 aliphatic heterocycles. The number of nitrogens with zero attached hydrogens (tertiary/aromatic N) is 2. The van der Waals surface area contributed by atoms with Crippen molar-refractivity contribution in [2.45, 2.75) is 56.3 Å². The molecule has 2 aromatic carbocycles. The summed E-state index contributed by atoms with van der Waals surface area (Å²) in [5, 5.41) is 0. The first-order chi connectivity index (χ1) is 15.9. The van der Waals surface area contributed by atoms with E-state index < -0.39 is 10.0 Å². The number of carbonyl (C=O) groups excluding carboxylic acids is 1. The molecule has 0 unspecified atom stereocenters. The topological polar surface area (TPSA) is 57.7 Å². The Morgan fingerprint density at radius 1 is 0.909 bits per heavy atom. The molecular formula is C26H33FN2O3S. The standard InChI is InChI=1S/C26H33FN2O3S/c27-24-6-4-5-23(20-24)19-22-13-17-28(18-14-22)26(30)12-9-21-7-10-25(11-8-21)33(31,32)29-15-2-1-3-16-29/h4-8,10-11,20,22H,1-3,9,12-19H2. The largest absolute Gasteiger partial charge is 0.343 e. The normalized spacial score (nSPS) is 18.4. The number of hydrogen-bond acceptors (Lipinski definition) is 3. The Hall–Kier alpha value is -2.25. The summed E-state index contributed by atoms with van der Waals surface area (Å²) in [5.41, 5.74) is 1.99. The highest BCUT2D eigenvalue weighted by atomic mass is 32.2. The average molecular weight is 473 g/mol. The van der Waals surface area contributed by atoms with Gasteiger partial charge in [-0.25, -0.2) is 12.8 Å². The van der Waals surface area contributed by atoms with Gasteiger partial charge < -0.3 is 4.90 Å². The highest BCUT2D eigenvalue weighted by Crippen LogP contribution is 2.24. The molecule has 33 heavy (non-hydrogen) atoms. The predicted octanol–water partition coefficient (Wildman–Crippen LogP) is 4.41. The summed E-state index contributed by atoms with van der Waals surface area (Å²) in [7, 11) is -3.42. The number of halogens is 1. The molecule has 0 spiro atoms. The molecule has 2 heterocycles. The first-order valence-corrected chi connectivity index (χ1v) is 13.5. The lowest BCUT2D eigenvalue weighted by Gasteiger charge is -2.32. The summed E-state index contributed by atoms with van der Waals surface area (Å²) < 4.78 is 40.5. The van der Waals surface area contributed by atoms with E-state index >= 15 is 0 Å². The second-order valence-corrected chi connectivity index (χ2v) is 11.2. The molecule has 0 saturated carbocycles. The van der Waals surface area contributed by atoms with Crippen molar-refractivity contribution in [2.24, 2.45) is 5.92 Å². The van der Waals surface area contributed by atoms with E-state index in [9.17, 15) is 17.6 Å². The van der Waals surface area contributed by atoms with Crippen molar-refractivity contribution in [3.63, 3.8) is 0 Å². The summed E-state index contributed by atoms with van der Waals surface area (Å²) in [5.74, 6) is 0.423. The van der Waals surface area contributed by atoms with Crippen LogP contribution in [0.4, 0.5) is 4.39 Å². The fraction of sp³-hybridized carbons (Fsp3) is 0.500. The van der Waals surface area contributed by atoms with Gasteiger partial charge >= 0.3 is 0 Å². The van der Waals surface area contributed by atoms with Crippen molar-refractivity contribution in [1.82, 2.24) is 9.21 Å². The number of hydrogen-bond donors (Lipinski definition) is 0. The number of sulfonamides is 1. The van der Waals surface area contributed by atoms with Gasteiger partial charge in [0, 0.05) is 32.6 Å². The Labute approximate surface area is 196 Å². The first-order valence-electron chi connectivity index (χ1n) is 12.0. The number of aryl methyl sites for hydroxylation is 1. The minimum absolute atomic E-state index is 0.143. The zero-order chi connectivity index (χ0) is 23.3. The number of piperidine rings is 2. The van der Waals surface area contributed by atoms with Crippen LogP contribution in [0.15, 0.2) is 53.4 Å². The van der Waals surface area contributed by atoms with Crippen LogP contribution < -0.4 is 0 Å². The molecule has 2 aliphatic rings. The summed E-state index contributed by atoms with van der Waals surface area (Å²) in [6, 6.07) is 13.8. The number of amides is 1. The van der Waals surface area contributed by atoms with Gasteiger partial charge in [-0.3, -0.25) is 4.79 Å². The molecule has 0 atom stereocenters. The Kier molecular flexibility index (Phi) is 7.81. The van der Waals surface area contributed by atoms with E-state index in [0.717, 1.165) is 62.7 Å². The molecule has 7 heteroatoms. The van der Waals surface area contributed by atoms with Gasteiger partial charge in [-0.2, -0.15) is 4.31 Å². The molecule has 0 N–H and O–H groups in total. The molecule has 0 radical (unpaired) electrons. The lowest BCUT2D eigenvalue weighted by atomic mass is 9.90. The molecule has 2 aromatic rings. The summed E-state index contributed by atoms with van der Waals surface area (Å²) in [6.45, 7) is 2.67. The first kappa shape index (κ1) is 23.9. The summed E-state index contributed by atoms with van der Waals surface area (Å²) in [4.78, 5) is 14.9. The quantitative estimate of drug-likeness (QED) is 0.600. The van der Waals surface area contributed by atoms with Crippen LogP contribution in [-0.4, -0.2) is 49.7 Å². The van der Waals surface area contributed by atoms with Gasteiger partial charge in [0.15, 0.2) is 0 Å². The minimum atomic E-state index is -3.42. The van der Waals surface area contributed by atoms with E-state index in [4.69, 9.17) is 0 Å². The second kappa shape index (κ2) is 10.8. The van der Waals surface area contributed by atoms with Crippen molar-refractivity contribution >= 4 is 15.9 Å². The SMILES string of the molecule is O=C(CCc1ccc(S(=O)(=O)N2CCCCC2)cc1)N1CCC(Cc2cccc(F)c2)CC1. The van der Waals surface area contributed by atoms with Gasteiger partial charge in [0.25, 0.3) is 0 Å². The molecule has 5 nitrogen and oxygen atoms in total. The van der Waals surface area contributed by atoms with Gasteiger partial charge in [0.05, 0.1) is 4.90 Å². The van der Waals surface area contributed by atoms with Crippen molar-refractivity contribution in [3.05, 3.63) is 65.5 Å². The third kappa shape index (κ3) is 6.21. The van der Waals surface area contributed by atoms with Crippen molar-refractivity contribution < 1.29 is 17.6 Å². The predicted molar refractivity (Wildman–Crippen MR) is 127 cm³/mol. The number of carbonyl (C=O) groups is 1. The fourth-order valence-corrected chi connectivity index (χ4v) is 6.39. The average Bonchev–Trinajstić information content (AvgIpc) is 2.84. The van der Waals surface area contributed by atoms with E-state index in [1.54, 1.807) is 28.6 Å². The molecule has 4 rings (SSSR count). The number of benzene rings is 2. The summed E-state index contributed by atoms with van der Waals surface area (Å²) in [6.07, 6.45) is 6.68. The Balaban J connectivity index is 1.24. The molecule has 178 valence electrons. The molecule has 0 bridgehead atoms. The lowest BCUT2D eigenvalue weighted by molar-refractivity contribution is -0.132. The third-order valence-corrected chi connectivity index (χ3v) is 8.80. The van der Waals surface area contributed by atoms with Gasteiger partial charge in [-0.05, 0) is 79.8 Å². The number of likely N-dealkylation sites (tertiary alicyclic amines) is 1. The van der Waals surface area contributed by atoms with E-state index in [1.807, 2.05) is 23.1 Å². The van der Waals surface area contributed by atoms with Crippen molar-refractivity contribution in [2.75, 3.05) is 26.2 Å². The third-order valence-electron chi connectivity index (χ3n) is 6.88. The molecule has 2 fully saturated rings. The van der Waals surface area contributed by atoms with Crippen LogP contribution in [-0.2, 0) is 27.7 Å². The molecule has 1 amide bonds. The zero-order valence-electron chi connectivity index (χ0n) is 19.1. The van der Waals surface area contributed by atoms with Crippen molar-refractivity contribution in [3.8, 4) is 0 Å². The lowest BCUT2D eigenvalue weighted by Crippen LogP contribution is -2.39. The monoisotopic (exact) mass is 472 g/mol. The van der Waals surface area contributed by atoms with Crippen LogP contribution in [0.25, 0.3) is 0 Å². The Bertz CT molecular complexity index is 1040. The van der Waals surface area contributed by atoms with Gasteiger partial charge in [0.1, 0.15) is 5.82 Å². The van der Waals surface area contributed by atoms with Crippen LogP contribution in [0.1, 0.15) is 49.7 Å². The van der Waals surface area contributed by atoms with Crippen LogP contribution in [0.5, 0.6) is 0 Å². The number of rotatable bonds is 7. The maximum absolute atomic E-state index is 13.4. The fourth-order valence-electron chi connectivity index (χ4n) is 4.88. The molecule has 0 aromatic heterocycles. The molecule has 2 saturated heterocycles. The zero-order valence-corrected chi connectivity index (χ0v) is 19.9. The molecule has 0 aliphatic carbocycles. The van der Waals surface area contributed by atoms with Gasteiger partial charge in [-0.15, -0.1) is 0 Å². The van der Waals surface area contributed by atoms with Crippen molar-refractivity contribution in [1.29, 1.82) is 0 Å². The van der Waals surface area contributed by atoms with Gasteiger partial charge in [0.2, 0.25) is 15.9 Å². The van der Waals surface area contributed by atoms with Crippen LogP contribution in [0.3, 0.4) is 0 Å². The maximum Gasteiger partial charge on any atom is 0.243 e. The van der Waals surface area contributed by atoms with E-state index in [0.29, 0.717) is 36.7 Å². The summed E-state index contributed by atoms with van der Waals surface area (Å²) >= 11 is 0. The van der Waals surface area contributed by atoms with Crippen LogP contribution in [0.2, 0.25) is 0 Å². The maximum atomic E-state index is 13.4. The highest BCUT2D eigenvalue weighted by Gasteiger charge is 2.26. The van der Waals surface area contributed by atoms with E-state index in [1.165, 1.54) is 6.07 Å². The van der Waals surface area contributed by atoms with Crippen LogP contribution >= 0.6 is 0 Å². The van der Waals surface area contributed by atoms with Gasteiger partial charge in [-0.1, -0.05) is 30.7 Å². The van der Waals surface area contributed by atoms with Crippen LogP contribution in [0, 0.1) is 11.7 Å². The molecular weight excluding hydrogens is 439 g/mol.